The largest absolute Gasteiger partial charge is 0.311 e. The SMILES string of the molecule is C(=Cc1ccc(N(c2ccccc2)c2ccccc2)cc1)c1ccc(-c2c3ccccc3c(-c3cccc4ccccc34)c3ccccc23)cc1. The Kier molecular flexibility index (Phi) is 7.92. The van der Waals surface area contributed by atoms with Crippen LogP contribution in [-0.4, -0.2) is 0 Å². The molecule has 9 aromatic rings. The molecule has 0 aliphatic heterocycles. The van der Waals surface area contributed by atoms with Gasteiger partial charge in [-0.2, -0.15) is 0 Å². The average Bonchev–Trinajstić information content (AvgIpc) is 3.21. The van der Waals surface area contributed by atoms with Crippen molar-refractivity contribution in [3.8, 4) is 22.3 Å². The van der Waals surface area contributed by atoms with Crippen LogP contribution in [0.4, 0.5) is 17.1 Å². The molecule has 0 spiro atoms. The first-order chi connectivity index (χ1) is 25.3. The number of anilines is 3. The summed E-state index contributed by atoms with van der Waals surface area (Å²) in [7, 11) is 0. The topological polar surface area (TPSA) is 3.24 Å². The number of nitrogens with zero attached hydrogens (tertiary/aromatic N) is 1. The molecule has 51 heavy (non-hydrogen) atoms. The minimum Gasteiger partial charge on any atom is -0.311 e. The van der Waals surface area contributed by atoms with Crippen molar-refractivity contribution in [3.05, 3.63) is 211 Å². The fraction of sp³-hybridized carbons (Fsp3) is 0. The smallest absolute Gasteiger partial charge is 0.0462 e. The van der Waals surface area contributed by atoms with Crippen molar-refractivity contribution in [2.75, 3.05) is 4.90 Å². The number of benzene rings is 9. The van der Waals surface area contributed by atoms with Crippen LogP contribution in [-0.2, 0) is 0 Å². The first kappa shape index (κ1) is 30.4. The Morgan fingerprint density at radius 3 is 1.25 bits per heavy atom. The van der Waals surface area contributed by atoms with E-state index in [1.54, 1.807) is 0 Å². The van der Waals surface area contributed by atoms with E-state index >= 15 is 0 Å². The standard InChI is InChI=1S/C50H35N/c1-3-16-40(17-4-1)51(41-18-5-2-6-19-41)42-34-30-37(31-35-42)27-26-36-28-32-39(33-29-36)49-45-21-9-11-23-47(45)50(48-24-12-10-22-46(48)49)44-25-13-15-38-14-7-8-20-43(38)44/h1-35H. The monoisotopic (exact) mass is 649 g/mol. The summed E-state index contributed by atoms with van der Waals surface area (Å²) < 4.78 is 0. The van der Waals surface area contributed by atoms with Crippen LogP contribution in [0, 0.1) is 0 Å². The molecule has 0 aliphatic rings. The van der Waals surface area contributed by atoms with Crippen LogP contribution in [0.25, 0.3) is 66.7 Å². The Hall–Kier alpha value is -6.70. The van der Waals surface area contributed by atoms with Gasteiger partial charge >= 0.3 is 0 Å². The number of hydrogen-bond donors (Lipinski definition) is 0. The molecule has 0 unspecified atom stereocenters. The predicted octanol–water partition coefficient (Wildman–Crippen LogP) is 14.1. The van der Waals surface area contributed by atoms with Crippen molar-refractivity contribution in [2.45, 2.75) is 0 Å². The number of para-hydroxylation sites is 2. The molecule has 9 rings (SSSR count). The van der Waals surface area contributed by atoms with Crippen LogP contribution in [0.2, 0.25) is 0 Å². The lowest BCUT2D eigenvalue weighted by molar-refractivity contribution is 1.28. The predicted molar refractivity (Wildman–Crippen MR) is 220 cm³/mol. The molecule has 0 radical (unpaired) electrons. The van der Waals surface area contributed by atoms with E-state index in [-0.39, 0.29) is 0 Å². The van der Waals surface area contributed by atoms with E-state index in [1.807, 2.05) is 0 Å². The molecule has 0 fully saturated rings. The number of hydrogen-bond acceptors (Lipinski definition) is 1. The third-order valence-electron chi connectivity index (χ3n) is 9.84. The van der Waals surface area contributed by atoms with E-state index in [1.165, 1.54) is 60.1 Å². The lowest BCUT2D eigenvalue weighted by atomic mass is 9.84. The van der Waals surface area contributed by atoms with Gasteiger partial charge in [0.2, 0.25) is 0 Å². The second kappa shape index (κ2) is 13.3. The van der Waals surface area contributed by atoms with Crippen LogP contribution in [0.1, 0.15) is 11.1 Å². The molecular weight excluding hydrogens is 615 g/mol. The van der Waals surface area contributed by atoms with Gasteiger partial charge in [-0.3, -0.25) is 0 Å². The molecule has 0 heterocycles. The molecule has 0 saturated carbocycles. The zero-order valence-corrected chi connectivity index (χ0v) is 28.2. The fourth-order valence-electron chi connectivity index (χ4n) is 7.46. The molecule has 1 nitrogen and oxygen atoms in total. The van der Waals surface area contributed by atoms with E-state index in [9.17, 15) is 0 Å². The van der Waals surface area contributed by atoms with Crippen molar-refractivity contribution in [1.82, 2.24) is 0 Å². The molecule has 0 amide bonds. The zero-order valence-electron chi connectivity index (χ0n) is 28.2. The molecule has 1 heteroatoms. The first-order valence-corrected chi connectivity index (χ1v) is 17.5. The van der Waals surface area contributed by atoms with Gasteiger partial charge in [0.05, 0.1) is 0 Å². The highest BCUT2D eigenvalue weighted by Crippen LogP contribution is 2.45. The van der Waals surface area contributed by atoms with Crippen LogP contribution >= 0.6 is 0 Å². The molecule has 0 atom stereocenters. The average molecular weight is 650 g/mol. The summed E-state index contributed by atoms with van der Waals surface area (Å²) in [4.78, 5) is 2.29. The summed E-state index contributed by atoms with van der Waals surface area (Å²) in [6, 6.07) is 71.9. The van der Waals surface area contributed by atoms with Crippen LogP contribution in [0.15, 0.2) is 200 Å². The van der Waals surface area contributed by atoms with Crippen molar-refractivity contribution in [3.63, 3.8) is 0 Å². The number of rotatable bonds is 7. The minimum absolute atomic E-state index is 1.12. The molecule has 0 saturated heterocycles. The molecule has 240 valence electrons. The lowest BCUT2D eigenvalue weighted by Gasteiger charge is -2.25. The first-order valence-electron chi connectivity index (χ1n) is 17.5. The van der Waals surface area contributed by atoms with Gasteiger partial charge in [-0.15, -0.1) is 0 Å². The van der Waals surface area contributed by atoms with Crippen molar-refractivity contribution in [2.24, 2.45) is 0 Å². The molecular formula is C50H35N. The Morgan fingerprint density at radius 1 is 0.294 bits per heavy atom. The van der Waals surface area contributed by atoms with Gasteiger partial charge in [0.15, 0.2) is 0 Å². The molecule has 0 aromatic heterocycles. The zero-order chi connectivity index (χ0) is 34.0. The number of fused-ring (bicyclic) bond motifs is 3. The van der Waals surface area contributed by atoms with Crippen molar-refractivity contribution >= 4 is 61.5 Å². The summed E-state index contributed by atoms with van der Waals surface area (Å²) in [5.74, 6) is 0. The summed E-state index contributed by atoms with van der Waals surface area (Å²) in [6.45, 7) is 0. The fourth-order valence-corrected chi connectivity index (χ4v) is 7.46. The van der Waals surface area contributed by atoms with Gasteiger partial charge in [0.25, 0.3) is 0 Å². The highest BCUT2D eigenvalue weighted by atomic mass is 15.1. The Bertz CT molecular complexity index is 2550. The Balaban J connectivity index is 1.06. The van der Waals surface area contributed by atoms with Crippen LogP contribution in [0.5, 0.6) is 0 Å². The van der Waals surface area contributed by atoms with E-state index in [0.29, 0.717) is 0 Å². The normalized spacial score (nSPS) is 11.5. The molecule has 0 N–H and O–H groups in total. The van der Waals surface area contributed by atoms with E-state index in [4.69, 9.17) is 0 Å². The Morgan fingerprint density at radius 2 is 0.706 bits per heavy atom. The van der Waals surface area contributed by atoms with E-state index in [2.05, 4.69) is 217 Å². The molecule has 0 aliphatic carbocycles. The van der Waals surface area contributed by atoms with Gasteiger partial charge in [-0.1, -0.05) is 176 Å². The Labute approximate surface area is 299 Å². The summed E-state index contributed by atoms with van der Waals surface area (Å²) in [5, 5.41) is 7.61. The van der Waals surface area contributed by atoms with Crippen molar-refractivity contribution < 1.29 is 0 Å². The summed E-state index contributed by atoms with van der Waals surface area (Å²) in [6.07, 6.45) is 4.39. The van der Waals surface area contributed by atoms with Crippen molar-refractivity contribution in [1.29, 1.82) is 0 Å². The van der Waals surface area contributed by atoms with E-state index < -0.39 is 0 Å². The second-order valence-electron chi connectivity index (χ2n) is 12.9. The van der Waals surface area contributed by atoms with Gasteiger partial charge in [0, 0.05) is 17.1 Å². The van der Waals surface area contributed by atoms with E-state index in [0.717, 1.165) is 22.6 Å². The maximum absolute atomic E-state index is 2.29. The minimum atomic E-state index is 1.12. The van der Waals surface area contributed by atoms with Gasteiger partial charge < -0.3 is 4.90 Å². The van der Waals surface area contributed by atoms with Crippen LogP contribution < -0.4 is 4.90 Å². The third kappa shape index (κ3) is 5.75. The highest BCUT2D eigenvalue weighted by molar-refractivity contribution is 6.23. The van der Waals surface area contributed by atoms with Crippen LogP contribution in [0.3, 0.4) is 0 Å². The molecule has 9 aromatic carbocycles. The quantitative estimate of drug-likeness (QED) is 0.123. The summed E-state index contributed by atoms with van der Waals surface area (Å²) in [5.41, 5.74) is 10.8. The lowest BCUT2D eigenvalue weighted by Crippen LogP contribution is -2.09. The summed E-state index contributed by atoms with van der Waals surface area (Å²) >= 11 is 0. The highest BCUT2D eigenvalue weighted by Gasteiger charge is 2.18. The molecule has 0 bridgehead atoms. The van der Waals surface area contributed by atoms with Gasteiger partial charge in [-0.25, -0.2) is 0 Å². The maximum Gasteiger partial charge on any atom is 0.0462 e. The van der Waals surface area contributed by atoms with Gasteiger partial charge in [0.1, 0.15) is 0 Å². The third-order valence-corrected chi connectivity index (χ3v) is 9.84. The van der Waals surface area contributed by atoms with Gasteiger partial charge in [-0.05, 0) is 102 Å². The second-order valence-corrected chi connectivity index (χ2v) is 12.9. The maximum atomic E-state index is 2.29.